The summed E-state index contributed by atoms with van der Waals surface area (Å²) in [4.78, 5) is 8.35. The molecule has 1 aromatic rings. The molecule has 2 heterocycles. The SMILES string of the molecule is CCNC(Cc1cc(OC)ncn1)C1CCC(C)O1. The highest BCUT2D eigenvalue weighted by molar-refractivity contribution is 5.14. The Morgan fingerprint density at radius 1 is 1.47 bits per heavy atom. The summed E-state index contributed by atoms with van der Waals surface area (Å²) in [6.45, 7) is 5.18. The van der Waals surface area contributed by atoms with Crippen LogP contribution in [0.15, 0.2) is 12.4 Å². The van der Waals surface area contributed by atoms with E-state index < -0.39 is 0 Å². The third kappa shape index (κ3) is 3.88. The van der Waals surface area contributed by atoms with Crippen molar-refractivity contribution in [2.75, 3.05) is 13.7 Å². The first-order valence-electron chi connectivity index (χ1n) is 6.96. The van der Waals surface area contributed by atoms with Crippen LogP contribution in [0.25, 0.3) is 0 Å². The molecule has 0 saturated carbocycles. The van der Waals surface area contributed by atoms with E-state index in [0.717, 1.165) is 31.5 Å². The molecule has 1 saturated heterocycles. The van der Waals surface area contributed by atoms with Gasteiger partial charge in [0.25, 0.3) is 0 Å². The molecular weight excluding hydrogens is 242 g/mol. The summed E-state index contributed by atoms with van der Waals surface area (Å²) >= 11 is 0. The van der Waals surface area contributed by atoms with Crippen molar-refractivity contribution in [2.24, 2.45) is 0 Å². The maximum Gasteiger partial charge on any atom is 0.216 e. The molecule has 1 aliphatic rings. The largest absolute Gasteiger partial charge is 0.481 e. The van der Waals surface area contributed by atoms with Gasteiger partial charge in [-0.2, -0.15) is 0 Å². The molecule has 3 atom stereocenters. The Kier molecular flexibility index (Phi) is 5.10. The Morgan fingerprint density at radius 3 is 2.95 bits per heavy atom. The minimum atomic E-state index is 0.274. The van der Waals surface area contributed by atoms with Crippen LogP contribution in [0, 0.1) is 0 Å². The van der Waals surface area contributed by atoms with Gasteiger partial charge < -0.3 is 14.8 Å². The second kappa shape index (κ2) is 6.82. The van der Waals surface area contributed by atoms with Crippen LogP contribution < -0.4 is 10.1 Å². The average molecular weight is 265 g/mol. The van der Waals surface area contributed by atoms with Crippen molar-refractivity contribution in [1.29, 1.82) is 0 Å². The molecule has 0 aliphatic carbocycles. The highest BCUT2D eigenvalue weighted by Gasteiger charge is 2.29. The van der Waals surface area contributed by atoms with Gasteiger partial charge in [-0.1, -0.05) is 6.92 Å². The fraction of sp³-hybridized carbons (Fsp3) is 0.714. The molecule has 0 spiro atoms. The lowest BCUT2D eigenvalue weighted by Gasteiger charge is -2.24. The number of likely N-dealkylation sites (N-methyl/N-ethyl adjacent to an activating group) is 1. The van der Waals surface area contributed by atoms with Crippen LogP contribution in [-0.2, 0) is 11.2 Å². The molecule has 1 fully saturated rings. The molecule has 106 valence electrons. The van der Waals surface area contributed by atoms with Gasteiger partial charge in [-0.05, 0) is 26.3 Å². The van der Waals surface area contributed by atoms with E-state index >= 15 is 0 Å². The molecule has 0 radical (unpaired) electrons. The number of aromatic nitrogens is 2. The average Bonchev–Trinajstić information content (AvgIpc) is 2.85. The van der Waals surface area contributed by atoms with Crippen LogP contribution in [-0.4, -0.2) is 41.9 Å². The summed E-state index contributed by atoms with van der Waals surface area (Å²) in [5, 5.41) is 3.50. The van der Waals surface area contributed by atoms with E-state index in [1.165, 1.54) is 0 Å². The fourth-order valence-corrected chi connectivity index (χ4v) is 2.55. The highest BCUT2D eigenvalue weighted by atomic mass is 16.5. The van der Waals surface area contributed by atoms with Crippen molar-refractivity contribution in [1.82, 2.24) is 15.3 Å². The van der Waals surface area contributed by atoms with Crippen LogP contribution in [0.5, 0.6) is 5.88 Å². The quantitative estimate of drug-likeness (QED) is 0.846. The lowest BCUT2D eigenvalue weighted by molar-refractivity contribution is 0.0322. The first kappa shape index (κ1) is 14.2. The number of nitrogens with zero attached hydrogens (tertiary/aromatic N) is 2. The van der Waals surface area contributed by atoms with E-state index in [1.54, 1.807) is 13.4 Å². The van der Waals surface area contributed by atoms with Gasteiger partial charge in [0.1, 0.15) is 6.33 Å². The zero-order chi connectivity index (χ0) is 13.7. The maximum atomic E-state index is 5.97. The second-order valence-electron chi connectivity index (χ2n) is 4.98. The zero-order valence-electron chi connectivity index (χ0n) is 11.9. The van der Waals surface area contributed by atoms with Gasteiger partial charge in [-0.25, -0.2) is 9.97 Å². The van der Waals surface area contributed by atoms with E-state index in [2.05, 4.69) is 29.1 Å². The summed E-state index contributed by atoms with van der Waals surface area (Å²) in [5.74, 6) is 0.612. The summed E-state index contributed by atoms with van der Waals surface area (Å²) in [6.07, 6.45) is 5.28. The molecular formula is C14H23N3O2. The standard InChI is InChI=1S/C14H23N3O2/c1-4-15-12(13-6-5-10(2)19-13)7-11-8-14(18-3)17-9-16-11/h8-10,12-13,15H,4-7H2,1-3H3. The van der Waals surface area contributed by atoms with Crippen LogP contribution in [0.1, 0.15) is 32.4 Å². The third-order valence-electron chi connectivity index (χ3n) is 3.52. The minimum absolute atomic E-state index is 0.274. The van der Waals surface area contributed by atoms with Crippen molar-refractivity contribution in [3.8, 4) is 5.88 Å². The first-order chi connectivity index (χ1) is 9.22. The van der Waals surface area contributed by atoms with Gasteiger partial charge >= 0.3 is 0 Å². The van der Waals surface area contributed by atoms with Crippen molar-refractivity contribution in [3.63, 3.8) is 0 Å². The van der Waals surface area contributed by atoms with E-state index in [-0.39, 0.29) is 6.10 Å². The molecule has 2 rings (SSSR count). The number of rotatable bonds is 6. The van der Waals surface area contributed by atoms with Crippen LogP contribution in [0.4, 0.5) is 0 Å². The predicted molar refractivity (Wildman–Crippen MR) is 73.3 cm³/mol. The summed E-state index contributed by atoms with van der Waals surface area (Å²) in [7, 11) is 1.62. The maximum absolute atomic E-state index is 5.97. The fourth-order valence-electron chi connectivity index (χ4n) is 2.55. The van der Waals surface area contributed by atoms with E-state index in [9.17, 15) is 0 Å². The third-order valence-corrected chi connectivity index (χ3v) is 3.52. The number of nitrogens with one attached hydrogen (secondary N) is 1. The topological polar surface area (TPSA) is 56.3 Å². The Bertz CT molecular complexity index is 400. The first-order valence-corrected chi connectivity index (χ1v) is 6.96. The summed E-state index contributed by atoms with van der Waals surface area (Å²) in [5.41, 5.74) is 0.987. The molecule has 0 bridgehead atoms. The number of ether oxygens (including phenoxy) is 2. The highest BCUT2D eigenvalue weighted by Crippen LogP contribution is 2.23. The van der Waals surface area contributed by atoms with Crippen molar-refractivity contribution in [2.45, 2.75) is 51.4 Å². The molecule has 1 aromatic heterocycles. The minimum Gasteiger partial charge on any atom is -0.481 e. The Hall–Kier alpha value is -1.20. The molecule has 1 N–H and O–H groups in total. The lowest BCUT2D eigenvalue weighted by atomic mass is 10.0. The molecule has 0 aromatic carbocycles. The molecule has 5 heteroatoms. The van der Waals surface area contributed by atoms with E-state index in [0.29, 0.717) is 18.0 Å². The van der Waals surface area contributed by atoms with Gasteiger partial charge in [0.2, 0.25) is 5.88 Å². The van der Waals surface area contributed by atoms with Crippen molar-refractivity contribution >= 4 is 0 Å². The monoisotopic (exact) mass is 265 g/mol. The number of methoxy groups -OCH3 is 1. The zero-order valence-corrected chi connectivity index (χ0v) is 11.9. The van der Waals surface area contributed by atoms with Crippen LogP contribution >= 0.6 is 0 Å². The van der Waals surface area contributed by atoms with Crippen LogP contribution in [0.2, 0.25) is 0 Å². The Balaban J connectivity index is 2.02. The van der Waals surface area contributed by atoms with Crippen molar-refractivity contribution in [3.05, 3.63) is 18.1 Å². The molecule has 19 heavy (non-hydrogen) atoms. The van der Waals surface area contributed by atoms with Gasteiger partial charge in [0, 0.05) is 24.2 Å². The summed E-state index contributed by atoms with van der Waals surface area (Å²) in [6, 6.07) is 2.19. The van der Waals surface area contributed by atoms with E-state index in [1.807, 2.05) is 6.07 Å². The summed E-state index contributed by atoms with van der Waals surface area (Å²) < 4.78 is 11.1. The predicted octanol–water partition coefficient (Wildman–Crippen LogP) is 1.57. The van der Waals surface area contributed by atoms with Gasteiger partial charge in [-0.3, -0.25) is 0 Å². The molecule has 5 nitrogen and oxygen atoms in total. The Labute approximate surface area is 114 Å². The molecule has 1 aliphatic heterocycles. The Morgan fingerprint density at radius 2 is 2.32 bits per heavy atom. The lowest BCUT2D eigenvalue weighted by Crippen LogP contribution is -2.41. The van der Waals surface area contributed by atoms with Gasteiger partial charge in [0.15, 0.2) is 0 Å². The molecule has 0 amide bonds. The second-order valence-corrected chi connectivity index (χ2v) is 4.98. The normalized spacial score (nSPS) is 24.4. The number of hydrogen-bond acceptors (Lipinski definition) is 5. The van der Waals surface area contributed by atoms with Gasteiger partial charge in [-0.15, -0.1) is 0 Å². The van der Waals surface area contributed by atoms with E-state index in [4.69, 9.17) is 9.47 Å². The van der Waals surface area contributed by atoms with Crippen LogP contribution in [0.3, 0.4) is 0 Å². The molecule has 3 unspecified atom stereocenters. The van der Waals surface area contributed by atoms with Gasteiger partial charge in [0.05, 0.1) is 19.3 Å². The number of hydrogen-bond donors (Lipinski definition) is 1. The smallest absolute Gasteiger partial charge is 0.216 e. The van der Waals surface area contributed by atoms with Crippen molar-refractivity contribution < 1.29 is 9.47 Å².